The van der Waals surface area contributed by atoms with Gasteiger partial charge in [-0.05, 0) is 38.1 Å². The number of likely N-dealkylation sites (N-methyl/N-ethyl adjacent to an activating group) is 1. The highest BCUT2D eigenvalue weighted by Gasteiger charge is 2.23. The molecule has 0 aliphatic carbocycles. The van der Waals surface area contributed by atoms with Crippen molar-refractivity contribution in [1.82, 2.24) is 10.2 Å². The Morgan fingerprint density at radius 3 is 2.84 bits per heavy atom. The van der Waals surface area contributed by atoms with Crippen LogP contribution in [-0.2, 0) is 0 Å². The van der Waals surface area contributed by atoms with Crippen LogP contribution in [-0.4, -0.2) is 37.0 Å². The summed E-state index contributed by atoms with van der Waals surface area (Å²) in [6, 6.07) is 4.63. The van der Waals surface area contributed by atoms with E-state index in [0.717, 1.165) is 19.4 Å². The lowest BCUT2D eigenvalue weighted by molar-refractivity contribution is 0.0697. The van der Waals surface area contributed by atoms with Gasteiger partial charge in [0.15, 0.2) is 0 Å². The first-order chi connectivity index (χ1) is 8.60. The minimum atomic E-state index is -0.394. The number of nitrogens with zero attached hydrogens (tertiary/aromatic N) is 1. The molecule has 106 valence electrons. The summed E-state index contributed by atoms with van der Waals surface area (Å²) in [4.78, 5) is 14.1. The highest BCUT2D eigenvalue weighted by atomic mass is 79.9. The van der Waals surface area contributed by atoms with Gasteiger partial charge in [0.2, 0.25) is 0 Å². The summed E-state index contributed by atoms with van der Waals surface area (Å²) in [7, 11) is 1.90. The summed E-state index contributed by atoms with van der Waals surface area (Å²) in [5, 5.41) is 3.19. The molecular formula is C13H17BrClFN2O. The summed E-state index contributed by atoms with van der Waals surface area (Å²) in [6.07, 6.45) is 2.06. The molecule has 1 saturated heterocycles. The third-order valence-corrected chi connectivity index (χ3v) is 3.68. The molecule has 1 amide bonds. The van der Waals surface area contributed by atoms with Crippen molar-refractivity contribution in [2.24, 2.45) is 0 Å². The second-order valence-corrected chi connectivity index (χ2v) is 5.45. The summed E-state index contributed by atoms with van der Waals surface area (Å²) >= 11 is 3.21. The van der Waals surface area contributed by atoms with Crippen LogP contribution >= 0.6 is 28.3 Å². The number of hydrogen-bond donors (Lipinski definition) is 1. The van der Waals surface area contributed by atoms with Crippen molar-refractivity contribution < 1.29 is 9.18 Å². The van der Waals surface area contributed by atoms with E-state index in [-0.39, 0.29) is 18.3 Å². The molecule has 6 heteroatoms. The van der Waals surface area contributed by atoms with E-state index in [1.165, 1.54) is 12.1 Å². The highest BCUT2D eigenvalue weighted by molar-refractivity contribution is 9.10. The lowest BCUT2D eigenvalue weighted by Gasteiger charge is -2.32. The molecule has 1 atom stereocenters. The van der Waals surface area contributed by atoms with E-state index in [2.05, 4.69) is 21.2 Å². The monoisotopic (exact) mass is 350 g/mol. The molecule has 0 radical (unpaired) electrons. The summed E-state index contributed by atoms with van der Waals surface area (Å²) in [5.41, 5.74) is 0.402. The zero-order valence-electron chi connectivity index (χ0n) is 10.7. The van der Waals surface area contributed by atoms with Gasteiger partial charge in [0.1, 0.15) is 5.82 Å². The molecule has 0 spiro atoms. The molecule has 2 rings (SSSR count). The predicted octanol–water partition coefficient (Wildman–Crippen LogP) is 2.83. The first-order valence-electron chi connectivity index (χ1n) is 6.03. The predicted molar refractivity (Wildman–Crippen MR) is 79.3 cm³/mol. The van der Waals surface area contributed by atoms with Gasteiger partial charge in [0.05, 0.1) is 0 Å². The van der Waals surface area contributed by atoms with Crippen molar-refractivity contribution in [2.45, 2.75) is 18.9 Å². The van der Waals surface area contributed by atoms with Crippen molar-refractivity contribution in [3.63, 3.8) is 0 Å². The Morgan fingerprint density at radius 2 is 2.21 bits per heavy atom. The zero-order valence-corrected chi connectivity index (χ0v) is 13.1. The average molecular weight is 352 g/mol. The van der Waals surface area contributed by atoms with Crippen LogP contribution in [0.3, 0.4) is 0 Å². The molecule has 1 heterocycles. The maximum absolute atomic E-state index is 13.3. The Balaban J connectivity index is 0.00000180. The molecular weight excluding hydrogens is 335 g/mol. The molecule has 1 N–H and O–H groups in total. The fraction of sp³-hybridized carbons (Fsp3) is 0.462. The zero-order chi connectivity index (χ0) is 13.1. The largest absolute Gasteiger partial charge is 0.337 e. The van der Waals surface area contributed by atoms with Crippen LogP contribution in [0, 0.1) is 5.82 Å². The molecule has 1 aliphatic heterocycles. The fourth-order valence-corrected chi connectivity index (χ4v) is 2.72. The molecule has 1 aromatic carbocycles. The maximum Gasteiger partial charge on any atom is 0.254 e. The lowest BCUT2D eigenvalue weighted by atomic mass is 10.0. The number of benzene rings is 1. The number of halogens is 3. The van der Waals surface area contributed by atoms with Crippen LogP contribution in [0.15, 0.2) is 22.7 Å². The van der Waals surface area contributed by atoms with E-state index in [9.17, 15) is 9.18 Å². The standard InChI is InChI=1S/C13H16BrFN2O.ClH/c1-16-12-3-2-4-17(8-12)13(18)9-5-10(14)7-11(15)6-9;/h5-7,12,16H,2-4,8H2,1H3;1H. The molecule has 1 aromatic rings. The van der Waals surface area contributed by atoms with E-state index < -0.39 is 5.82 Å². The molecule has 0 saturated carbocycles. The van der Waals surface area contributed by atoms with Crippen LogP contribution < -0.4 is 5.32 Å². The average Bonchev–Trinajstić information content (AvgIpc) is 2.37. The summed E-state index contributed by atoms with van der Waals surface area (Å²) < 4.78 is 13.9. The number of carbonyl (C=O) groups excluding carboxylic acids is 1. The first-order valence-corrected chi connectivity index (χ1v) is 6.82. The molecule has 3 nitrogen and oxygen atoms in total. The van der Waals surface area contributed by atoms with E-state index in [1.54, 1.807) is 11.0 Å². The number of nitrogens with one attached hydrogen (secondary N) is 1. The van der Waals surface area contributed by atoms with Crippen molar-refractivity contribution >= 4 is 34.2 Å². The summed E-state index contributed by atoms with van der Waals surface area (Å²) in [6.45, 7) is 1.43. The van der Waals surface area contributed by atoms with Crippen LogP contribution in [0.5, 0.6) is 0 Å². The van der Waals surface area contributed by atoms with Gasteiger partial charge in [-0.3, -0.25) is 4.79 Å². The SMILES string of the molecule is CNC1CCCN(C(=O)c2cc(F)cc(Br)c2)C1.Cl. The number of rotatable bonds is 2. The van der Waals surface area contributed by atoms with E-state index in [1.807, 2.05) is 7.05 Å². The second kappa shape index (κ2) is 7.22. The van der Waals surface area contributed by atoms with Gasteiger partial charge in [-0.1, -0.05) is 15.9 Å². The van der Waals surface area contributed by atoms with Gasteiger partial charge in [0.25, 0.3) is 5.91 Å². The van der Waals surface area contributed by atoms with Gasteiger partial charge in [0, 0.05) is 29.2 Å². The number of carbonyl (C=O) groups is 1. The van der Waals surface area contributed by atoms with Gasteiger partial charge >= 0.3 is 0 Å². The van der Waals surface area contributed by atoms with Gasteiger partial charge < -0.3 is 10.2 Å². The van der Waals surface area contributed by atoms with Gasteiger partial charge in [-0.25, -0.2) is 4.39 Å². The van der Waals surface area contributed by atoms with E-state index in [0.29, 0.717) is 22.6 Å². The minimum Gasteiger partial charge on any atom is -0.337 e. The Bertz CT molecular complexity index is 438. The summed E-state index contributed by atoms with van der Waals surface area (Å²) in [5.74, 6) is -0.495. The maximum atomic E-state index is 13.3. The molecule has 1 aliphatic rings. The number of hydrogen-bond acceptors (Lipinski definition) is 2. The topological polar surface area (TPSA) is 32.3 Å². The Hall–Kier alpha value is -0.650. The third kappa shape index (κ3) is 4.16. The molecule has 1 unspecified atom stereocenters. The van der Waals surface area contributed by atoms with Gasteiger partial charge in [-0.2, -0.15) is 0 Å². The quantitative estimate of drug-likeness (QED) is 0.888. The Labute approximate surface area is 127 Å². The second-order valence-electron chi connectivity index (χ2n) is 4.54. The first kappa shape index (κ1) is 16.4. The smallest absolute Gasteiger partial charge is 0.254 e. The van der Waals surface area contributed by atoms with Crippen LogP contribution in [0.1, 0.15) is 23.2 Å². The van der Waals surface area contributed by atoms with Crippen LogP contribution in [0.2, 0.25) is 0 Å². The molecule has 19 heavy (non-hydrogen) atoms. The Kier molecular flexibility index (Phi) is 6.23. The Morgan fingerprint density at radius 1 is 1.47 bits per heavy atom. The van der Waals surface area contributed by atoms with Crippen molar-refractivity contribution in [3.05, 3.63) is 34.1 Å². The van der Waals surface area contributed by atoms with E-state index in [4.69, 9.17) is 0 Å². The minimum absolute atomic E-state index is 0. The normalized spacial score (nSPS) is 18.9. The number of likely N-dealkylation sites (tertiary alicyclic amines) is 1. The van der Waals surface area contributed by atoms with Gasteiger partial charge in [-0.15, -0.1) is 12.4 Å². The molecule has 1 fully saturated rings. The lowest BCUT2D eigenvalue weighted by Crippen LogP contribution is -2.46. The van der Waals surface area contributed by atoms with Crippen molar-refractivity contribution in [1.29, 1.82) is 0 Å². The van der Waals surface area contributed by atoms with Crippen molar-refractivity contribution in [3.8, 4) is 0 Å². The molecule has 0 bridgehead atoms. The van der Waals surface area contributed by atoms with Crippen LogP contribution in [0.4, 0.5) is 4.39 Å². The third-order valence-electron chi connectivity index (χ3n) is 3.23. The highest BCUT2D eigenvalue weighted by Crippen LogP contribution is 2.18. The van der Waals surface area contributed by atoms with Crippen molar-refractivity contribution in [2.75, 3.05) is 20.1 Å². The fourth-order valence-electron chi connectivity index (χ4n) is 2.26. The molecule has 0 aromatic heterocycles. The van der Waals surface area contributed by atoms with E-state index >= 15 is 0 Å². The van der Waals surface area contributed by atoms with Crippen LogP contribution in [0.25, 0.3) is 0 Å². The number of amides is 1. The number of piperidine rings is 1.